The molecule has 2 N–H and O–H groups in total. The molecule has 0 radical (unpaired) electrons. The van der Waals surface area contributed by atoms with Gasteiger partial charge in [0.1, 0.15) is 0 Å². The quantitative estimate of drug-likeness (QED) is 0.405. The van der Waals surface area contributed by atoms with E-state index in [0.717, 1.165) is 38.8 Å². The number of nitro groups is 1. The number of unbranched alkanes of at least 4 members (excludes halogenated alkanes) is 2. The molecule has 0 atom stereocenters. The number of hydrogen-bond donors (Lipinski definition) is 2. The standard InChI is InChI=1S/C18H26N4O4/c1-4-6-8-21(9-7-5-2)11-13-12(3)15(22(25)26)10-14-16(13)20-18(24)17(23)19-14/h10H,4-9,11H2,1-3H3,(H,19,23)(H,20,24). The highest BCUT2D eigenvalue weighted by Crippen LogP contribution is 2.28. The highest BCUT2D eigenvalue weighted by Gasteiger charge is 2.21. The van der Waals surface area contributed by atoms with Crippen LogP contribution in [0.3, 0.4) is 0 Å². The molecule has 0 fully saturated rings. The molecule has 1 aromatic carbocycles. The first-order valence-corrected chi connectivity index (χ1v) is 9.04. The zero-order valence-electron chi connectivity index (χ0n) is 15.6. The highest BCUT2D eigenvalue weighted by molar-refractivity contribution is 5.82. The van der Waals surface area contributed by atoms with Gasteiger partial charge in [-0.15, -0.1) is 0 Å². The second-order valence-corrected chi connectivity index (χ2v) is 6.57. The summed E-state index contributed by atoms with van der Waals surface area (Å²) < 4.78 is 0. The van der Waals surface area contributed by atoms with Crippen molar-refractivity contribution in [2.45, 2.75) is 53.0 Å². The van der Waals surface area contributed by atoms with Crippen molar-refractivity contribution in [1.29, 1.82) is 0 Å². The van der Waals surface area contributed by atoms with E-state index in [2.05, 4.69) is 28.7 Å². The van der Waals surface area contributed by atoms with Crippen LogP contribution in [0.4, 0.5) is 5.69 Å². The Hall–Kier alpha value is -2.48. The van der Waals surface area contributed by atoms with Gasteiger partial charge in [0.15, 0.2) is 0 Å². The van der Waals surface area contributed by atoms with E-state index in [0.29, 0.717) is 23.2 Å². The lowest BCUT2D eigenvalue weighted by Crippen LogP contribution is -2.30. The molecule has 8 nitrogen and oxygen atoms in total. The molecule has 0 bridgehead atoms. The van der Waals surface area contributed by atoms with E-state index >= 15 is 0 Å². The van der Waals surface area contributed by atoms with Gasteiger partial charge in [0, 0.05) is 23.7 Å². The van der Waals surface area contributed by atoms with Crippen LogP contribution in [0.2, 0.25) is 0 Å². The Balaban J connectivity index is 2.59. The number of nitrogens with zero attached hydrogens (tertiary/aromatic N) is 2. The van der Waals surface area contributed by atoms with Gasteiger partial charge in [-0.2, -0.15) is 0 Å². The van der Waals surface area contributed by atoms with E-state index < -0.39 is 16.0 Å². The monoisotopic (exact) mass is 362 g/mol. The van der Waals surface area contributed by atoms with Crippen LogP contribution in [0.1, 0.15) is 50.7 Å². The summed E-state index contributed by atoms with van der Waals surface area (Å²) in [5.41, 5.74) is 0.346. The highest BCUT2D eigenvalue weighted by atomic mass is 16.6. The number of rotatable bonds is 9. The molecule has 0 aliphatic heterocycles. The first-order valence-electron chi connectivity index (χ1n) is 9.04. The van der Waals surface area contributed by atoms with Crippen LogP contribution in [0.25, 0.3) is 11.0 Å². The summed E-state index contributed by atoms with van der Waals surface area (Å²) in [6.45, 7) is 8.18. The fraction of sp³-hybridized carbons (Fsp3) is 0.556. The van der Waals surface area contributed by atoms with E-state index in [9.17, 15) is 19.7 Å². The summed E-state index contributed by atoms with van der Waals surface area (Å²) in [4.78, 5) is 41.7. The molecule has 0 amide bonds. The van der Waals surface area contributed by atoms with Crippen molar-refractivity contribution in [2.75, 3.05) is 13.1 Å². The van der Waals surface area contributed by atoms with Crippen molar-refractivity contribution >= 4 is 16.7 Å². The van der Waals surface area contributed by atoms with Crippen molar-refractivity contribution in [1.82, 2.24) is 14.9 Å². The molecule has 142 valence electrons. The summed E-state index contributed by atoms with van der Waals surface area (Å²) in [6, 6.07) is 1.31. The average Bonchev–Trinajstić information content (AvgIpc) is 2.60. The molecule has 1 aromatic heterocycles. The summed E-state index contributed by atoms with van der Waals surface area (Å²) >= 11 is 0. The normalized spacial score (nSPS) is 11.4. The number of hydrogen-bond acceptors (Lipinski definition) is 5. The third-order valence-corrected chi connectivity index (χ3v) is 4.62. The van der Waals surface area contributed by atoms with Crippen LogP contribution in [0, 0.1) is 17.0 Å². The van der Waals surface area contributed by atoms with Gasteiger partial charge in [-0.25, -0.2) is 0 Å². The van der Waals surface area contributed by atoms with Crippen LogP contribution in [0.5, 0.6) is 0 Å². The molecule has 2 aromatic rings. The molecular weight excluding hydrogens is 336 g/mol. The van der Waals surface area contributed by atoms with Crippen LogP contribution in [-0.4, -0.2) is 32.9 Å². The maximum absolute atomic E-state index is 11.8. The third kappa shape index (κ3) is 4.37. The van der Waals surface area contributed by atoms with Crippen LogP contribution < -0.4 is 11.1 Å². The Labute approximate surface area is 151 Å². The number of aromatic amines is 2. The van der Waals surface area contributed by atoms with E-state index in [4.69, 9.17) is 0 Å². The first-order chi connectivity index (χ1) is 12.4. The second-order valence-electron chi connectivity index (χ2n) is 6.57. The van der Waals surface area contributed by atoms with E-state index in [-0.39, 0.29) is 11.2 Å². The van der Waals surface area contributed by atoms with E-state index in [1.54, 1.807) is 6.92 Å². The van der Waals surface area contributed by atoms with Crippen molar-refractivity contribution in [2.24, 2.45) is 0 Å². The minimum Gasteiger partial charge on any atom is -0.316 e. The SMILES string of the molecule is CCCCN(CCCC)Cc1c(C)c([N+](=O)[O-])cc2[nH]c(=O)c(=O)[nH]c12. The molecule has 1 heterocycles. The number of nitrogens with one attached hydrogen (secondary N) is 2. The van der Waals surface area contributed by atoms with Crippen LogP contribution >= 0.6 is 0 Å². The zero-order valence-corrected chi connectivity index (χ0v) is 15.6. The number of benzene rings is 1. The topological polar surface area (TPSA) is 112 Å². The maximum atomic E-state index is 11.8. The third-order valence-electron chi connectivity index (χ3n) is 4.62. The van der Waals surface area contributed by atoms with Crippen LogP contribution in [0.15, 0.2) is 15.7 Å². The van der Waals surface area contributed by atoms with Crippen molar-refractivity contribution in [3.05, 3.63) is 48.0 Å². The van der Waals surface area contributed by atoms with Gasteiger partial charge in [-0.1, -0.05) is 26.7 Å². The number of fused-ring (bicyclic) bond motifs is 1. The molecule has 0 spiro atoms. The lowest BCUT2D eigenvalue weighted by Gasteiger charge is -2.23. The minimum atomic E-state index is -0.810. The van der Waals surface area contributed by atoms with Gasteiger partial charge in [0.25, 0.3) is 5.69 Å². The van der Waals surface area contributed by atoms with Gasteiger partial charge in [0.2, 0.25) is 0 Å². The molecule has 0 aliphatic rings. The van der Waals surface area contributed by atoms with Crippen molar-refractivity contribution in [3.8, 4) is 0 Å². The summed E-state index contributed by atoms with van der Waals surface area (Å²) in [6.07, 6.45) is 4.18. The maximum Gasteiger partial charge on any atom is 0.314 e. The Kier molecular flexibility index (Phi) is 6.68. The molecular formula is C18H26N4O4. The Bertz CT molecular complexity index is 892. The van der Waals surface area contributed by atoms with Gasteiger partial charge in [0.05, 0.1) is 16.0 Å². The van der Waals surface area contributed by atoms with E-state index in [1.165, 1.54) is 6.07 Å². The molecule has 0 unspecified atom stereocenters. The van der Waals surface area contributed by atoms with Gasteiger partial charge in [-0.3, -0.25) is 24.6 Å². The number of H-pyrrole nitrogens is 2. The molecule has 0 saturated carbocycles. The lowest BCUT2D eigenvalue weighted by atomic mass is 10.0. The minimum absolute atomic E-state index is 0.0545. The number of aromatic nitrogens is 2. The largest absolute Gasteiger partial charge is 0.316 e. The summed E-state index contributed by atoms with van der Waals surface area (Å²) in [5.74, 6) is 0. The summed E-state index contributed by atoms with van der Waals surface area (Å²) in [7, 11) is 0. The zero-order chi connectivity index (χ0) is 19.3. The predicted octanol–water partition coefficient (Wildman–Crippen LogP) is 2.84. The van der Waals surface area contributed by atoms with Gasteiger partial charge in [-0.05, 0) is 32.9 Å². The fourth-order valence-electron chi connectivity index (χ4n) is 3.06. The Morgan fingerprint density at radius 3 is 2.19 bits per heavy atom. The summed E-state index contributed by atoms with van der Waals surface area (Å²) in [5, 5.41) is 11.4. The van der Waals surface area contributed by atoms with Crippen molar-refractivity contribution < 1.29 is 4.92 Å². The van der Waals surface area contributed by atoms with Crippen molar-refractivity contribution in [3.63, 3.8) is 0 Å². The van der Waals surface area contributed by atoms with Gasteiger partial charge < -0.3 is 9.97 Å². The molecule has 26 heavy (non-hydrogen) atoms. The van der Waals surface area contributed by atoms with Gasteiger partial charge >= 0.3 is 11.1 Å². The molecule has 2 rings (SSSR count). The molecule has 8 heteroatoms. The number of nitro benzene ring substituents is 1. The molecule has 0 aliphatic carbocycles. The lowest BCUT2D eigenvalue weighted by molar-refractivity contribution is -0.385. The van der Waals surface area contributed by atoms with Crippen LogP contribution in [-0.2, 0) is 6.54 Å². The first kappa shape index (κ1) is 19.8. The Morgan fingerprint density at radius 2 is 1.65 bits per heavy atom. The second kappa shape index (κ2) is 8.75. The molecule has 0 saturated heterocycles. The average molecular weight is 362 g/mol. The predicted molar refractivity (Wildman–Crippen MR) is 102 cm³/mol. The van der Waals surface area contributed by atoms with E-state index in [1.807, 2.05) is 0 Å². The fourth-order valence-corrected chi connectivity index (χ4v) is 3.06. The Morgan fingerprint density at radius 1 is 1.08 bits per heavy atom. The smallest absolute Gasteiger partial charge is 0.314 e.